The zero-order valence-electron chi connectivity index (χ0n) is 14.6. The molecule has 4 nitrogen and oxygen atoms in total. The molecule has 1 aliphatic carbocycles. The monoisotopic (exact) mass is 416 g/mol. The highest BCUT2D eigenvalue weighted by Crippen LogP contribution is 2.36. The van der Waals surface area contributed by atoms with Crippen LogP contribution in [0.2, 0.25) is 0 Å². The summed E-state index contributed by atoms with van der Waals surface area (Å²) in [7, 11) is 0. The number of amides is 2. The van der Waals surface area contributed by atoms with Crippen LogP contribution in [0.4, 0.5) is 32.0 Å². The number of carbonyl (C=O) groups is 2. The third-order valence-corrected chi connectivity index (χ3v) is 4.18. The van der Waals surface area contributed by atoms with Crippen molar-refractivity contribution in [3.63, 3.8) is 0 Å². The van der Waals surface area contributed by atoms with E-state index in [2.05, 4.69) is 10.6 Å². The Hall–Kier alpha value is -3.04. The molecule has 2 aromatic carbocycles. The zero-order valence-corrected chi connectivity index (χ0v) is 14.6. The Bertz CT molecular complexity index is 916. The summed E-state index contributed by atoms with van der Waals surface area (Å²) in [5.74, 6) is -1.70. The van der Waals surface area contributed by atoms with Crippen LogP contribution in [0.5, 0.6) is 0 Å². The highest BCUT2D eigenvalue weighted by Gasteiger charge is 2.37. The molecule has 0 saturated heterocycles. The van der Waals surface area contributed by atoms with Crippen LogP contribution in [0, 0.1) is 0 Å². The number of nitrogens with one attached hydrogen (secondary N) is 2. The number of hydrogen-bond acceptors (Lipinski definition) is 2. The summed E-state index contributed by atoms with van der Waals surface area (Å²) in [5, 5.41) is 4.92. The highest BCUT2D eigenvalue weighted by atomic mass is 19.4. The number of hydrogen-bond donors (Lipinski definition) is 2. The second-order valence-electron chi connectivity index (χ2n) is 6.54. The van der Waals surface area contributed by atoms with Gasteiger partial charge >= 0.3 is 12.4 Å². The average molecular weight is 416 g/mol. The van der Waals surface area contributed by atoms with E-state index in [1.165, 1.54) is 24.3 Å². The van der Waals surface area contributed by atoms with Crippen molar-refractivity contribution in [2.45, 2.75) is 31.2 Å². The molecule has 0 unspecified atom stereocenters. The predicted octanol–water partition coefficient (Wildman–Crippen LogP) is 4.87. The number of carbonyl (C=O) groups excluding carboxylic acids is 2. The van der Waals surface area contributed by atoms with E-state index in [0.717, 1.165) is 12.8 Å². The van der Waals surface area contributed by atoms with Crippen molar-refractivity contribution in [1.82, 2.24) is 5.32 Å². The van der Waals surface area contributed by atoms with Crippen LogP contribution in [0.15, 0.2) is 42.5 Å². The normalized spacial score (nSPS) is 14.4. The van der Waals surface area contributed by atoms with Gasteiger partial charge in [0.2, 0.25) is 0 Å². The van der Waals surface area contributed by atoms with Gasteiger partial charge in [0.1, 0.15) is 0 Å². The number of benzene rings is 2. The minimum atomic E-state index is -5.07. The Kier molecular flexibility index (Phi) is 5.29. The maximum atomic E-state index is 13.0. The molecule has 1 saturated carbocycles. The van der Waals surface area contributed by atoms with Crippen molar-refractivity contribution in [3.05, 3.63) is 64.7 Å². The Balaban J connectivity index is 1.92. The van der Waals surface area contributed by atoms with E-state index in [0.29, 0.717) is 12.1 Å². The summed E-state index contributed by atoms with van der Waals surface area (Å²) in [4.78, 5) is 24.6. The van der Waals surface area contributed by atoms with E-state index < -0.39 is 40.9 Å². The average Bonchev–Trinajstić information content (AvgIpc) is 3.44. The summed E-state index contributed by atoms with van der Waals surface area (Å²) >= 11 is 0. The van der Waals surface area contributed by atoms with Crippen LogP contribution in [-0.2, 0) is 12.4 Å². The first-order valence-corrected chi connectivity index (χ1v) is 8.46. The van der Waals surface area contributed by atoms with Crippen LogP contribution in [-0.4, -0.2) is 17.9 Å². The lowest BCUT2D eigenvalue weighted by atomic mass is 10.0. The van der Waals surface area contributed by atoms with Crippen molar-refractivity contribution in [3.8, 4) is 0 Å². The molecule has 1 fully saturated rings. The molecule has 0 aromatic heterocycles. The van der Waals surface area contributed by atoms with Crippen LogP contribution in [0.25, 0.3) is 0 Å². The van der Waals surface area contributed by atoms with Crippen molar-refractivity contribution >= 4 is 17.5 Å². The third kappa shape index (κ3) is 5.07. The summed E-state index contributed by atoms with van der Waals surface area (Å²) in [5.41, 5.74) is -4.00. The second-order valence-corrected chi connectivity index (χ2v) is 6.54. The van der Waals surface area contributed by atoms with Crippen molar-refractivity contribution in [2.75, 3.05) is 5.32 Å². The van der Waals surface area contributed by atoms with E-state index in [1.807, 2.05) is 0 Å². The van der Waals surface area contributed by atoms with Gasteiger partial charge in [-0.15, -0.1) is 0 Å². The van der Waals surface area contributed by atoms with E-state index in [1.54, 1.807) is 0 Å². The van der Waals surface area contributed by atoms with E-state index in [-0.39, 0.29) is 23.4 Å². The topological polar surface area (TPSA) is 58.2 Å². The zero-order chi connectivity index (χ0) is 21.4. The molecule has 0 aliphatic heterocycles. The Morgan fingerprint density at radius 3 is 1.90 bits per heavy atom. The van der Waals surface area contributed by atoms with Crippen LogP contribution >= 0.6 is 0 Å². The van der Waals surface area contributed by atoms with Gasteiger partial charge in [-0.05, 0) is 43.2 Å². The molecule has 3 rings (SSSR count). The smallest absolute Gasteiger partial charge is 0.349 e. The Labute approximate surface area is 160 Å². The fourth-order valence-electron chi connectivity index (χ4n) is 2.56. The second kappa shape index (κ2) is 7.41. The third-order valence-electron chi connectivity index (χ3n) is 4.18. The highest BCUT2D eigenvalue weighted by molar-refractivity contribution is 6.09. The Morgan fingerprint density at radius 2 is 1.38 bits per heavy atom. The lowest BCUT2D eigenvalue weighted by Crippen LogP contribution is -2.27. The molecule has 2 amide bonds. The van der Waals surface area contributed by atoms with Gasteiger partial charge < -0.3 is 10.6 Å². The molecular weight excluding hydrogens is 402 g/mol. The molecule has 0 radical (unpaired) electrons. The van der Waals surface area contributed by atoms with E-state index in [9.17, 15) is 35.9 Å². The number of para-hydroxylation sites is 1. The minimum absolute atomic E-state index is 0.0177. The van der Waals surface area contributed by atoms with Gasteiger partial charge in [-0.2, -0.15) is 26.3 Å². The number of anilines is 1. The van der Waals surface area contributed by atoms with Crippen LogP contribution < -0.4 is 10.6 Å². The maximum Gasteiger partial charge on any atom is 0.416 e. The van der Waals surface area contributed by atoms with Gasteiger partial charge in [-0.3, -0.25) is 9.59 Å². The molecule has 2 N–H and O–H groups in total. The summed E-state index contributed by atoms with van der Waals surface area (Å²) in [6.07, 6.45) is -8.52. The fourth-order valence-corrected chi connectivity index (χ4v) is 2.56. The van der Waals surface area contributed by atoms with Gasteiger partial charge in [-0.1, -0.05) is 12.1 Å². The summed E-state index contributed by atoms with van der Waals surface area (Å²) in [6.45, 7) is 0. The molecule has 0 heterocycles. The molecule has 0 bridgehead atoms. The largest absolute Gasteiger partial charge is 0.416 e. The molecule has 29 heavy (non-hydrogen) atoms. The first kappa shape index (κ1) is 20.7. The SMILES string of the molecule is O=C(Nc1ccccc1C(=O)NC1CC1)c1cc(C(F)(F)F)cc(C(F)(F)F)c1. The Morgan fingerprint density at radius 1 is 0.828 bits per heavy atom. The van der Waals surface area contributed by atoms with Crippen molar-refractivity contribution in [2.24, 2.45) is 0 Å². The van der Waals surface area contributed by atoms with Crippen molar-refractivity contribution in [1.29, 1.82) is 0 Å². The van der Waals surface area contributed by atoms with Crippen LogP contribution in [0.3, 0.4) is 0 Å². The molecular formula is C19H14F6N2O2. The molecule has 1 aliphatic rings. The van der Waals surface area contributed by atoms with Gasteiger partial charge in [0.05, 0.1) is 22.4 Å². The van der Waals surface area contributed by atoms with Crippen molar-refractivity contribution < 1.29 is 35.9 Å². The van der Waals surface area contributed by atoms with Gasteiger partial charge in [0.25, 0.3) is 11.8 Å². The first-order valence-electron chi connectivity index (χ1n) is 8.46. The predicted molar refractivity (Wildman–Crippen MR) is 91.3 cm³/mol. The fraction of sp³-hybridized carbons (Fsp3) is 0.263. The standard InChI is InChI=1S/C19H14F6N2O2/c20-18(21,22)11-7-10(8-12(9-11)19(23,24)25)16(28)27-15-4-2-1-3-14(15)17(29)26-13-5-6-13/h1-4,7-9,13H,5-6H2,(H,26,29)(H,27,28). The molecule has 2 aromatic rings. The summed E-state index contributed by atoms with van der Waals surface area (Å²) in [6, 6.07) is 6.32. The van der Waals surface area contributed by atoms with Gasteiger partial charge in [0, 0.05) is 11.6 Å². The number of rotatable bonds is 4. The maximum absolute atomic E-state index is 13.0. The number of alkyl halides is 6. The molecule has 154 valence electrons. The summed E-state index contributed by atoms with van der Waals surface area (Å²) < 4.78 is 77.8. The van der Waals surface area contributed by atoms with Gasteiger partial charge in [0.15, 0.2) is 0 Å². The number of halogens is 6. The van der Waals surface area contributed by atoms with E-state index >= 15 is 0 Å². The van der Waals surface area contributed by atoms with E-state index in [4.69, 9.17) is 0 Å². The van der Waals surface area contributed by atoms with Crippen LogP contribution in [0.1, 0.15) is 44.7 Å². The molecule has 0 spiro atoms. The molecule has 0 atom stereocenters. The van der Waals surface area contributed by atoms with Gasteiger partial charge in [-0.25, -0.2) is 0 Å². The lowest BCUT2D eigenvalue weighted by molar-refractivity contribution is -0.143. The minimum Gasteiger partial charge on any atom is -0.349 e. The first-order chi connectivity index (χ1) is 13.4. The lowest BCUT2D eigenvalue weighted by Gasteiger charge is -2.15. The molecule has 10 heteroatoms. The quantitative estimate of drug-likeness (QED) is 0.699.